The van der Waals surface area contributed by atoms with Gasteiger partial charge in [0, 0.05) is 6.42 Å². The van der Waals surface area contributed by atoms with Crippen LogP contribution in [-0.4, -0.2) is 17.0 Å². The molecule has 0 aromatic heterocycles. The summed E-state index contributed by atoms with van der Waals surface area (Å²) in [5.74, 6) is 0. The molecule has 0 aromatic carbocycles. The standard InChI is InChI=1S/C5H7ClN2O2/c1-5(2-4(6)9)3-7-10-8-5/h3,8H,2H2,1H3. The summed E-state index contributed by atoms with van der Waals surface area (Å²) in [6.07, 6.45) is 1.69. The maximum atomic E-state index is 10.4. The predicted molar refractivity (Wildman–Crippen MR) is 36.6 cm³/mol. The first-order valence-corrected chi connectivity index (χ1v) is 3.16. The van der Waals surface area contributed by atoms with Crippen LogP contribution >= 0.6 is 11.6 Å². The summed E-state index contributed by atoms with van der Waals surface area (Å²) in [6, 6.07) is 0. The van der Waals surface area contributed by atoms with Crippen molar-refractivity contribution in [3.63, 3.8) is 0 Å². The van der Waals surface area contributed by atoms with Gasteiger partial charge in [0.1, 0.15) is 0 Å². The lowest BCUT2D eigenvalue weighted by Gasteiger charge is -2.14. The van der Waals surface area contributed by atoms with E-state index >= 15 is 0 Å². The number of halogens is 1. The van der Waals surface area contributed by atoms with Gasteiger partial charge in [-0.15, -0.1) is 5.48 Å². The summed E-state index contributed by atoms with van der Waals surface area (Å²) in [5.41, 5.74) is 2.01. The van der Waals surface area contributed by atoms with Crippen LogP contribution in [0.5, 0.6) is 0 Å². The second-order valence-electron chi connectivity index (χ2n) is 2.38. The fourth-order valence-corrected chi connectivity index (χ4v) is 0.948. The number of carbonyl (C=O) groups is 1. The van der Waals surface area contributed by atoms with E-state index in [1.807, 2.05) is 0 Å². The molecule has 4 nitrogen and oxygen atoms in total. The zero-order valence-electron chi connectivity index (χ0n) is 5.43. The molecule has 1 unspecified atom stereocenters. The largest absolute Gasteiger partial charge is 0.299 e. The highest BCUT2D eigenvalue weighted by Gasteiger charge is 2.29. The first-order valence-electron chi connectivity index (χ1n) is 2.78. The average Bonchev–Trinajstić information content (AvgIpc) is 2.12. The van der Waals surface area contributed by atoms with Crippen LogP contribution in [-0.2, 0) is 9.73 Å². The van der Waals surface area contributed by atoms with Crippen LogP contribution in [0.3, 0.4) is 0 Å². The van der Waals surface area contributed by atoms with Gasteiger partial charge in [-0.1, -0.05) is 5.16 Å². The molecule has 0 radical (unpaired) electrons. The molecule has 0 aromatic rings. The molecule has 0 bridgehead atoms. The Morgan fingerprint density at radius 3 is 3.10 bits per heavy atom. The van der Waals surface area contributed by atoms with Crippen molar-refractivity contribution in [2.75, 3.05) is 0 Å². The molecule has 1 aliphatic heterocycles. The molecule has 5 heteroatoms. The van der Waals surface area contributed by atoms with Crippen LogP contribution in [0.1, 0.15) is 13.3 Å². The molecule has 1 aliphatic rings. The molecule has 10 heavy (non-hydrogen) atoms. The minimum Gasteiger partial charge on any atom is -0.299 e. The number of hydrogen-bond donors (Lipinski definition) is 1. The summed E-state index contributed by atoms with van der Waals surface area (Å²) >= 11 is 5.15. The van der Waals surface area contributed by atoms with E-state index in [9.17, 15) is 4.79 Å². The van der Waals surface area contributed by atoms with Crippen molar-refractivity contribution in [2.24, 2.45) is 5.16 Å². The molecule has 1 atom stereocenters. The van der Waals surface area contributed by atoms with Crippen molar-refractivity contribution in [1.29, 1.82) is 0 Å². The Morgan fingerprint density at radius 2 is 2.70 bits per heavy atom. The quantitative estimate of drug-likeness (QED) is 0.599. The Bertz CT molecular complexity index is 182. The van der Waals surface area contributed by atoms with Crippen LogP contribution in [0.4, 0.5) is 0 Å². The predicted octanol–water partition coefficient (Wildman–Crippen LogP) is 0.421. The average molecular weight is 163 g/mol. The summed E-state index contributed by atoms with van der Waals surface area (Å²) in [4.78, 5) is 14.9. The van der Waals surface area contributed by atoms with Gasteiger partial charge in [0.2, 0.25) is 5.24 Å². The lowest BCUT2D eigenvalue weighted by atomic mass is 10.0. The highest BCUT2D eigenvalue weighted by atomic mass is 35.5. The minimum atomic E-state index is -0.529. The zero-order chi connectivity index (χ0) is 7.61. The van der Waals surface area contributed by atoms with Crippen molar-refractivity contribution >= 4 is 23.1 Å². The molecule has 0 saturated heterocycles. The van der Waals surface area contributed by atoms with E-state index in [4.69, 9.17) is 11.6 Å². The number of hydroxylamine groups is 1. The van der Waals surface area contributed by atoms with Gasteiger partial charge in [-0.25, -0.2) is 0 Å². The highest BCUT2D eigenvalue weighted by molar-refractivity contribution is 6.63. The van der Waals surface area contributed by atoms with Gasteiger partial charge in [-0.2, -0.15) is 0 Å². The van der Waals surface area contributed by atoms with E-state index in [2.05, 4.69) is 15.6 Å². The number of oxime groups is 1. The van der Waals surface area contributed by atoms with Gasteiger partial charge >= 0.3 is 0 Å². The summed E-state index contributed by atoms with van der Waals surface area (Å²) in [5, 5.41) is 3.03. The Morgan fingerprint density at radius 1 is 2.00 bits per heavy atom. The van der Waals surface area contributed by atoms with E-state index < -0.39 is 10.8 Å². The number of rotatable bonds is 2. The van der Waals surface area contributed by atoms with Gasteiger partial charge in [0.05, 0.1) is 11.8 Å². The van der Waals surface area contributed by atoms with E-state index in [0.717, 1.165) is 0 Å². The molecule has 0 amide bonds. The first-order chi connectivity index (χ1) is 4.62. The Labute approximate surface area is 63.1 Å². The minimum absolute atomic E-state index is 0.179. The normalized spacial score (nSPS) is 30.2. The maximum absolute atomic E-state index is 10.4. The van der Waals surface area contributed by atoms with E-state index in [-0.39, 0.29) is 6.42 Å². The van der Waals surface area contributed by atoms with Crippen molar-refractivity contribution in [3.8, 4) is 0 Å². The second-order valence-corrected chi connectivity index (χ2v) is 2.80. The van der Waals surface area contributed by atoms with Crippen LogP contribution in [0.25, 0.3) is 0 Å². The van der Waals surface area contributed by atoms with Gasteiger partial charge in [0.25, 0.3) is 0 Å². The Balaban J connectivity index is 2.52. The molecule has 0 fully saturated rings. The summed E-state index contributed by atoms with van der Waals surface area (Å²) < 4.78 is 0. The lowest BCUT2D eigenvalue weighted by molar-refractivity contribution is -0.113. The molecule has 0 saturated carbocycles. The lowest BCUT2D eigenvalue weighted by Crippen LogP contribution is -2.39. The van der Waals surface area contributed by atoms with Gasteiger partial charge in [0.15, 0.2) is 0 Å². The molecular weight excluding hydrogens is 156 g/mol. The van der Waals surface area contributed by atoms with Crippen LogP contribution in [0, 0.1) is 0 Å². The number of hydrogen-bond acceptors (Lipinski definition) is 4. The van der Waals surface area contributed by atoms with Crippen LogP contribution in [0.2, 0.25) is 0 Å². The maximum Gasteiger partial charge on any atom is 0.223 e. The van der Waals surface area contributed by atoms with Gasteiger partial charge < -0.3 is 0 Å². The molecule has 0 aliphatic carbocycles. The molecule has 0 spiro atoms. The number of carbonyl (C=O) groups excluding carboxylic acids is 1. The third-order valence-corrected chi connectivity index (χ3v) is 1.31. The van der Waals surface area contributed by atoms with Gasteiger partial charge in [-0.3, -0.25) is 9.73 Å². The van der Waals surface area contributed by atoms with E-state index in [1.54, 1.807) is 6.92 Å². The second kappa shape index (κ2) is 2.56. The van der Waals surface area contributed by atoms with E-state index in [1.165, 1.54) is 6.21 Å². The highest BCUT2D eigenvalue weighted by Crippen LogP contribution is 2.12. The van der Waals surface area contributed by atoms with Crippen LogP contribution < -0.4 is 5.48 Å². The number of nitrogens with one attached hydrogen (secondary N) is 1. The molecule has 1 N–H and O–H groups in total. The monoisotopic (exact) mass is 162 g/mol. The van der Waals surface area contributed by atoms with Crippen molar-refractivity contribution < 1.29 is 9.73 Å². The number of nitrogens with zero attached hydrogens (tertiary/aromatic N) is 1. The first kappa shape index (κ1) is 7.50. The summed E-state index contributed by atoms with van der Waals surface area (Å²) in [6.45, 7) is 1.77. The third kappa shape index (κ3) is 1.68. The Hall–Kier alpha value is -0.610. The third-order valence-electron chi connectivity index (χ3n) is 1.18. The smallest absolute Gasteiger partial charge is 0.223 e. The molecule has 56 valence electrons. The fraction of sp³-hybridized carbons (Fsp3) is 0.600. The van der Waals surface area contributed by atoms with Crippen molar-refractivity contribution in [1.82, 2.24) is 5.48 Å². The van der Waals surface area contributed by atoms with Crippen molar-refractivity contribution in [2.45, 2.75) is 18.9 Å². The fourth-order valence-electron chi connectivity index (χ4n) is 0.670. The summed E-state index contributed by atoms with van der Waals surface area (Å²) in [7, 11) is 0. The van der Waals surface area contributed by atoms with Gasteiger partial charge in [-0.05, 0) is 18.5 Å². The molecular formula is C5H7ClN2O2. The SMILES string of the molecule is CC1(CC(=O)Cl)C=NON1. The van der Waals surface area contributed by atoms with Crippen molar-refractivity contribution in [3.05, 3.63) is 0 Å². The topological polar surface area (TPSA) is 50.7 Å². The molecule has 1 rings (SSSR count). The Kier molecular flexibility index (Phi) is 1.92. The zero-order valence-corrected chi connectivity index (χ0v) is 6.18. The van der Waals surface area contributed by atoms with E-state index in [0.29, 0.717) is 0 Å². The van der Waals surface area contributed by atoms with Crippen LogP contribution in [0.15, 0.2) is 5.16 Å². The molecule has 1 heterocycles.